The molecule has 2 heterocycles. The van der Waals surface area contributed by atoms with Crippen LogP contribution >= 0.6 is 0 Å². The van der Waals surface area contributed by atoms with Gasteiger partial charge in [-0.1, -0.05) is 12.1 Å². The fraction of sp³-hybridized carbons (Fsp3) is 0.720. The third-order valence-electron chi connectivity index (χ3n) is 7.82. The number of fused-ring (bicyclic) bond motifs is 1. The Hall–Kier alpha value is -1.44. The maximum absolute atomic E-state index is 11.6. The Morgan fingerprint density at radius 1 is 1.16 bits per heavy atom. The highest BCUT2D eigenvalue weighted by Gasteiger charge is 2.27. The zero-order chi connectivity index (χ0) is 22.6. The van der Waals surface area contributed by atoms with Crippen molar-refractivity contribution >= 4 is 16.1 Å². The minimum absolute atomic E-state index is 0.239. The first kappa shape index (κ1) is 23.7. The number of carbonyl (C=O) groups is 1. The van der Waals surface area contributed by atoms with Gasteiger partial charge in [-0.05, 0) is 88.0 Å². The van der Waals surface area contributed by atoms with Crippen molar-refractivity contribution in [1.82, 2.24) is 10.2 Å². The number of aldehydes is 1. The second-order valence-corrected chi connectivity index (χ2v) is 12.2. The average molecular weight is 463 g/mol. The largest absolute Gasteiger partial charge is 0.493 e. The SMILES string of the molecule is CS(=O)(=O)C(C=O)CNC1CCC(CCN2CCC(c3cccc4c3CCO4)CC2)CC1. The predicted octanol–water partition coefficient (Wildman–Crippen LogP) is 2.95. The van der Waals surface area contributed by atoms with Crippen molar-refractivity contribution in [1.29, 1.82) is 0 Å². The van der Waals surface area contributed by atoms with Crippen LogP contribution in [0.4, 0.5) is 0 Å². The summed E-state index contributed by atoms with van der Waals surface area (Å²) < 4.78 is 28.9. The summed E-state index contributed by atoms with van der Waals surface area (Å²) in [5.74, 6) is 2.54. The zero-order valence-electron chi connectivity index (χ0n) is 19.3. The van der Waals surface area contributed by atoms with Crippen LogP contribution in [-0.2, 0) is 21.1 Å². The van der Waals surface area contributed by atoms with Crippen molar-refractivity contribution < 1.29 is 17.9 Å². The number of hydrogen-bond acceptors (Lipinski definition) is 6. The summed E-state index contributed by atoms with van der Waals surface area (Å²) in [5.41, 5.74) is 2.98. The lowest BCUT2D eigenvalue weighted by Gasteiger charge is -2.35. The molecule has 4 rings (SSSR count). The van der Waals surface area contributed by atoms with Crippen LogP contribution in [0.2, 0.25) is 0 Å². The Morgan fingerprint density at radius 2 is 1.91 bits per heavy atom. The number of carbonyl (C=O) groups excluding carboxylic acids is 1. The topological polar surface area (TPSA) is 75.7 Å². The molecule has 1 unspecified atom stereocenters. The van der Waals surface area contributed by atoms with E-state index in [9.17, 15) is 13.2 Å². The normalized spacial score (nSPS) is 25.8. The molecule has 2 aliphatic heterocycles. The quantitative estimate of drug-likeness (QED) is 0.569. The Labute approximate surface area is 193 Å². The van der Waals surface area contributed by atoms with Gasteiger partial charge in [0.2, 0.25) is 0 Å². The van der Waals surface area contributed by atoms with Gasteiger partial charge in [0.1, 0.15) is 17.3 Å². The van der Waals surface area contributed by atoms with Gasteiger partial charge in [-0.3, -0.25) is 0 Å². The second-order valence-electron chi connectivity index (χ2n) is 9.96. The first-order valence-electron chi connectivity index (χ1n) is 12.3. The standard InChI is InChI=1S/C25H38N2O4S/c1-32(29,30)22(18-28)17-26-21-7-5-19(6-8-21)9-13-27-14-10-20(11-15-27)23-3-2-4-25-24(23)12-16-31-25/h2-4,18-22,26H,5-17H2,1H3. The van der Waals surface area contributed by atoms with E-state index in [0.29, 0.717) is 18.2 Å². The summed E-state index contributed by atoms with van der Waals surface area (Å²) >= 11 is 0. The molecule has 0 spiro atoms. The highest BCUT2D eigenvalue weighted by Crippen LogP contribution is 2.37. The van der Waals surface area contributed by atoms with Crippen LogP contribution in [-0.4, -0.2) is 69.9 Å². The van der Waals surface area contributed by atoms with Crippen LogP contribution in [0.3, 0.4) is 0 Å². The van der Waals surface area contributed by atoms with Gasteiger partial charge in [0.25, 0.3) is 0 Å². The van der Waals surface area contributed by atoms with Crippen LogP contribution in [0.15, 0.2) is 18.2 Å². The van der Waals surface area contributed by atoms with Gasteiger partial charge in [-0.15, -0.1) is 0 Å². The summed E-state index contributed by atoms with van der Waals surface area (Å²) in [4.78, 5) is 13.7. The average Bonchev–Trinajstić information content (AvgIpc) is 3.27. The number of nitrogens with zero attached hydrogens (tertiary/aromatic N) is 1. The van der Waals surface area contributed by atoms with Gasteiger partial charge < -0.3 is 19.7 Å². The molecule has 1 aliphatic carbocycles. The Bertz CT molecular complexity index is 872. The van der Waals surface area contributed by atoms with Gasteiger partial charge in [0.15, 0.2) is 9.84 Å². The summed E-state index contributed by atoms with van der Waals surface area (Å²) in [6.07, 6.45) is 11.0. The first-order chi connectivity index (χ1) is 15.4. The van der Waals surface area contributed by atoms with Crippen LogP contribution in [0, 0.1) is 5.92 Å². The highest BCUT2D eigenvalue weighted by atomic mass is 32.2. The third-order valence-corrected chi connectivity index (χ3v) is 9.19. The number of likely N-dealkylation sites (tertiary alicyclic amines) is 1. The molecule has 2 fully saturated rings. The molecule has 0 bridgehead atoms. The molecule has 32 heavy (non-hydrogen) atoms. The van der Waals surface area contributed by atoms with Crippen molar-refractivity contribution in [2.45, 2.75) is 68.6 Å². The van der Waals surface area contributed by atoms with E-state index in [1.54, 1.807) is 0 Å². The molecule has 3 aliphatic rings. The van der Waals surface area contributed by atoms with Crippen molar-refractivity contribution in [3.63, 3.8) is 0 Å². The predicted molar refractivity (Wildman–Crippen MR) is 127 cm³/mol. The van der Waals surface area contributed by atoms with E-state index >= 15 is 0 Å². The van der Waals surface area contributed by atoms with Gasteiger partial charge >= 0.3 is 0 Å². The maximum atomic E-state index is 11.6. The number of ether oxygens (including phenoxy) is 1. The van der Waals surface area contributed by atoms with Crippen LogP contribution in [0.5, 0.6) is 5.75 Å². The molecular formula is C25H38N2O4S. The molecule has 1 atom stereocenters. The minimum atomic E-state index is -3.31. The summed E-state index contributed by atoms with van der Waals surface area (Å²) in [6.45, 7) is 4.63. The van der Waals surface area contributed by atoms with Crippen LogP contribution in [0.25, 0.3) is 0 Å². The fourth-order valence-electron chi connectivity index (χ4n) is 5.70. The zero-order valence-corrected chi connectivity index (χ0v) is 20.1. The highest BCUT2D eigenvalue weighted by molar-refractivity contribution is 7.92. The van der Waals surface area contributed by atoms with E-state index in [-0.39, 0.29) is 6.54 Å². The number of sulfone groups is 1. The van der Waals surface area contributed by atoms with Crippen molar-refractivity contribution in [2.24, 2.45) is 5.92 Å². The lowest BCUT2D eigenvalue weighted by molar-refractivity contribution is -0.107. The smallest absolute Gasteiger partial charge is 0.158 e. The summed E-state index contributed by atoms with van der Waals surface area (Å²) in [6, 6.07) is 6.91. The molecule has 6 nitrogen and oxygen atoms in total. The van der Waals surface area contributed by atoms with Crippen LogP contribution < -0.4 is 10.1 Å². The molecule has 0 amide bonds. The summed E-state index contributed by atoms with van der Waals surface area (Å²) in [5, 5.41) is 2.39. The van der Waals surface area contributed by atoms with E-state index in [1.165, 1.54) is 62.9 Å². The Balaban J connectivity index is 1.15. The Morgan fingerprint density at radius 3 is 2.59 bits per heavy atom. The number of rotatable bonds is 9. The van der Waals surface area contributed by atoms with Gasteiger partial charge in [-0.25, -0.2) is 8.42 Å². The number of piperidine rings is 1. The van der Waals surface area contributed by atoms with Crippen molar-refractivity contribution in [2.75, 3.05) is 39.0 Å². The molecule has 1 aromatic rings. The van der Waals surface area contributed by atoms with Crippen LogP contribution in [0.1, 0.15) is 62.0 Å². The molecule has 1 saturated carbocycles. The van der Waals surface area contributed by atoms with E-state index in [4.69, 9.17) is 4.74 Å². The lowest BCUT2D eigenvalue weighted by atomic mass is 9.83. The molecule has 0 radical (unpaired) electrons. The lowest BCUT2D eigenvalue weighted by Crippen LogP contribution is -2.41. The minimum Gasteiger partial charge on any atom is -0.493 e. The monoisotopic (exact) mass is 462 g/mol. The molecule has 7 heteroatoms. The van der Waals surface area contributed by atoms with E-state index < -0.39 is 15.1 Å². The fourth-order valence-corrected chi connectivity index (χ4v) is 6.30. The van der Waals surface area contributed by atoms with Gasteiger partial charge in [-0.2, -0.15) is 0 Å². The molecule has 178 valence electrons. The molecule has 0 aromatic heterocycles. The van der Waals surface area contributed by atoms with Crippen molar-refractivity contribution in [3.8, 4) is 5.75 Å². The Kier molecular flexibility index (Phi) is 7.90. The first-order valence-corrected chi connectivity index (χ1v) is 14.2. The number of nitrogens with one attached hydrogen (secondary N) is 1. The second kappa shape index (κ2) is 10.7. The van der Waals surface area contributed by atoms with E-state index in [0.717, 1.165) is 43.8 Å². The van der Waals surface area contributed by atoms with Gasteiger partial charge in [0.05, 0.1) is 6.61 Å². The number of hydrogen-bond donors (Lipinski definition) is 1. The molecule has 1 aromatic carbocycles. The van der Waals surface area contributed by atoms with E-state index in [1.807, 2.05) is 0 Å². The summed E-state index contributed by atoms with van der Waals surface area (Å²) in [7, 11) is -3.31. The molecule has 1 saturated heterocycles. The number of benzene rings is 1. The van der Waals surface area contributed by atoms with Gasteiger partial charge in [0, 0.05) is 30.8 Å². The van der Waals surface area contributed by atoms with E-state index in [2.05, 4.69) is 28.4 Å². The van der Waals surface area contributed by atoms with Crippen molar-refractivity contribution in [3.05, 3.63) is 29.3 Å². The molecular weight excluding hydrogens is 424 g/mol. The molecule has 1 N–H and O–H groups in total. The third kappa shape index (κ3) is 5.91. The maximum Gasteiger partial charge on any atom is 0.158 e.